The number of nitrogens with two attached hydrogens (primary N) is 1. The number of hydrazone groups is 1. The molecule has 0 spiro atoms. The molecule has 1 aliphatic rings. The first-order valence-electron chi connectivity index (χ1n) is 9.94. The Morgan fingerprint density at radius 2 is 1.77 bits per heavy atom. The molecule has 0 fully saturated rings. The number of anilines is 1. The first-order valence-corrected chi connectivity index (χ1v) is 11.6. The van der Waals surface area contributed by atoms with E-state index in [-0.39, 0.29) is 5.56 Å². The minimum atomic E-state index is -0.698. The fraction of sp³-hybridized carbons (Fsp3) is 0.318. The molecule has 0 aliphatic carbocycles. The minimum absolute atomic E-state index is 0.134. The first-order chi connectivity index (χ1) is 14.8. The van der Waals surface area contributed by atoms with Gasteiger partial charge in [-0.25, -0.2) is 13.8 Å². The summed E-state index contributed by atoms with van der Waals surface area (Å²) >= 11 is 2.82. The molecule has 162 valence electrons. The third-order valence-corrected chi connectivity index (χ3v) is 7.31. The summed E-state index contributed by atoms with van der Waals surface area (Å²) < 4.78 is 28.6. The quantitative estimate of drug-likeness (QED) is 0.545. The largest absolute Gasteiger partial charge is 0.330 e. The molecule has 2 aromatic carbocycles. The molecule has 1 unspecified atom stereocenters. The maximum absolute atomic E-state index is 14.7. The average Bonchev–Trinajstić information content (AvgIpc) is 3.32. The van der Waals surface area contributed by atoms with E-state index in [1.165, 1.54) is 29.2 Å². The lowest BCUT2D eigenvalue weighted by Gasteiger charge is -2.36. The normalized spacial score (nSPS) is 18.5. The van der Waals surface area contributed by atoms with Crippen molar-refractivity contribution in [2.24, 2.45) is 10.8 Å². The van der Waals surface area contributed by atoms with Crippen molar-refractivity contribution < 1.29 is 8.78 Å². The summed E-state index contributed by atoms with van der Waals surface area (Å²) in [5, 5.41) is 16.8. The molecule has 1 atom stereocenters. The van der Waals surface area contributed by atoms with Gasteiger partial charge in [-0.1, -0.05) is 52.4 Å². The molecule has 1 aliphatic heterocycles. The summed E-state index contributed by atoms with van der Waals surface area (Å²) in [6, 6.07) is 9.74. The van der Waals surface area contributed by atoms with Gasteiger partial charge < -0.3 is 5.73 Å². The van der Waals surface area contributed by atoms with Crippen molar-refractivity contribution in [1.82, 2.24) is 10.2 Å². The van der Waals surface area contributed by atoms with Gasteiger partial charge in [-0.3, -0.25) is 0 Å². The number of benzene rings is 2. The second-order valence-electron chi connectivity index (χ2n) is 7.60. The van der Waals surface area contributed by atoms with E-state index in [0.717, 1.165) is 40.3 Å². The van der Waals surface area contributed by atoms with Gasteiger partial charge >= 0.3 is 0 Å². The van der Waals surface area contributed by atoms with Crippen molar-refractivity contribution in [3.63, 3.8) is 0 Å². The van der Waals surface area contributed by atoms with Crippen molar-refractivity contribution in [2.45, 2.75) is 38.5 Å². The fourth-order valence-corrected chi connectivity index (χ4v) is 5.93. The molecule has 1 aromatic heterocycles. The highest BCUT2D eigenvalue weighted by Crippen LogP contribution is 2.53. The summed E-state index contributed by atoms with van der Waals surface area (Å²) in [5.74, 6) is -1.03. The molecule has 0 saturated heterocycles. The Morgan fingerprint density at radius 3 is 2.42 bits per heavy atom. The van der Waals surface area contributed by atoms with Crippen LogP contribution in [0.25, 0.3) is 0 Å². The lowest BCUT2D eigenvalue weighted by molar-refractivity contribution is 0.524. The van der Waals surface area contributed by atoms with Crippen LogP contribution in [0.2, 0.25) is 0 Å². The van der Waals surface area contributed by atoms with Gasteiger partial charge in [-0.2, -0.15) is 5.10 Å². The van der Waals surface area contributed by atoms with Gasteiger partial charge in [-0.05, 0) is 63.9 Å². The summed E-state index contributed by atoms with van der Waals surface area (Å²) in [6.45, 7) is 6.46. The Kier molecular flexibility index (Phi) is 6.09. The van der Waals surface area contributed by atoms with Crippen molar-refractivity contribution in [1.29, 1.82) is 0 Å². The van der Waals surface area contributed by atoms with E-state index in [1.54, 1.807) is 0 Å². The second kappa shape index (κ2) is 8.64. The molecule has 0 amide bonds. The van der Waals surface area contributed by atoms with Gasteiger partial charge in [0.1, 0.15) is 26.6 Å². The van der Waals surface area contributed by atoms with Crippen LogP contribution in [0.3, 0.4) is 0 Å². The maximum Gasteiger partial charge on any atom is 0.230 e. The van der Waals surface area contributed by atoms with E-state index in [0.29, 0.717) is 23.1 Å². The van der Waals surface area contributed by atoms with Gasteiger partial charge in [0.05, 0.1) is 0 Å². The smallest absolute Gasteiger partial charge is 0.230 e. The Hall–Kier alpha value is -2.36. The van der Waals surface area contributed by atoms with Crippen LogP contribution >= 0.6 is 23.1 Å². The number of rotatable bonds is 6. The van der Waals surface area contributed by atoms with Gasteiger partial charge in [0.15, 0.2) is 0 Å². The fourth-order valence-electron chi connectivity index (χ4n) is 3.76. The monoisotopic (exact) mass is 459 g/mol. The molecule has 2 heterocycles. The zero-order valence-electron chi connectivity index (χ0n) is 17.5. The zero-order chi connectivity index (χ0) is 22.2. The summed E-state index contributed by atoms with van der Waals surface area (Å²) in [5.41, 5.74) is 9.26. The predicted octanol–water partition coefficient (Wildman–Crippen LogP) is 5.25. The highest BCUT2D eigenvalue weighted by Gasteiger charge is 2.48. The predicted molar refractivity (Wildman–Crippen MR) is 123 cm³/mol. The number of aromatic nitrogens is 2. The molecule has 0 bridgehead atoms. The number of thioether (sulfide) groups is 1. The number of hydrogen-bond acceptors (Lipinski definition) is 7. The van der Waals surface area contributed by atoms with E-state index in [2.05, 4.69) is 28.4 Å². The Bertz CT molecular complexity index is 1130. The molecule has 0 radical (unpaired) electrons. The maximum atomic E-state index is 14.7. The average molecular weight is 460 g/mol. The van der Waals surface area contributed by atoms with Crippen LogP contribution < -0.4 is 10.7 Å². The Balaban J connectivity index is 1.92. The van der Waals surface area contributed by atoms with E-state index >= 15 is 0 Å². The van der Waals surface area contributed by atoms with Gasteiger partial charge in [-0.15, -0.1) is 10.2 Å². The molecular weight excluding hydrogens is 436 g/mol. The van der Waals surface area contributed by atoms with E-state index < -0.39 is 16.5 Å². The molecule has 4 rings (SSSR count). The highest BCUT2D eigenvalue weighted by molar-refractivity contribution is 8.15. The van der Waals surface area contributed by atoms with Crippen molar-refractivity contribution in [3.8, 4) is 0 Å². The standard InChI is InChI=1S/C22H23F2N5S2/c1-13-9-14(2)11-16(10-13)22(7-4-8-25)29(21-27-26-15(3)30-21)28-20(31-22)18-12-17(23)5-6-19(18)24/h5-6,9-12H,4,7-8,25H2,1-3H3. The first kappa shape index (κ1) is 21.9. The van der Waals surface area contributed by atoms with Gasteiger partial charge in [0.25, 0.3) is 0 Å². The van der Waals surface area contributed by atoms with E-state index in [4.69, 9.17) is 10.8 Å². The van der Waals surface area contributed by atoms with Crippen LogP contribution in [0.4, 0.5) is 13.9 Å². The van der Waals surface area contributed by atoms with E-state index in [9.17, 15) is 8.78 Å². The SMILES string of the molecule is Cc1cc(C)cc(C2(CCCN)SC(c3cc(F)ccc3F)=NN2c2nnc(C)s2)c1. The highest BCUT2D eigenvalue weighted by atomic mass is 32.2. The van der Waals surface area contributed by atoms with Crippen molar-refractivity contribution in [3.05, 3.63) is 75.3 Å². The molecule has 2 N–H and O–H groups in total. The molecule has 0 saturated carbocycles. The van der Waals surface area contributed by atoms with Crippen molar-refractivity contribution >= 4 is 33.3 Å². The number of halogens is 2. The summed E-state index contributed by atoms with van der Waals surface area (Å²) in [6.07, 6.45) is 1.38. The van der Waals surface area contributed by atoms with Crippen LogP contribution in [0, 0.1) is 32.4 Å². The molecule has 31 heavy (non-hydrogen) atoms. The number of nitrogens with zero attached hydrogens (tertiary/aromatic N) is 4. The lowest BCUT2D eigenvalue weighted by atomic mass is 9.96. The van der Waals surface area contributed by atoms with Crippen LogP contribution in [0.1, 0.15) is 40.1 Å². The summed E-state index contributed by atoms with van der Waals surface area (Å²) in [4.78, 5) is -0.698. The van der Waals surface area contributed by atoms with Crippen LogP contribution in [0.15, 0.2) is 41.5 Å². The van der Waals surface area contributed by atoms with Gasteiger partial charge in [0, 0.05) is 5.56 Å². The summed E-state index contributed by atoms with van der Waals surface area (Å²) in [7, 11) is 0. The van der Waals surface area contributed by atoms with Gasteiger partial charge in [0.2, 0.25) is 5.13 Å². The third-order valence-electron chi connectivity index (χ3n) is 5.05. The lowest BCUT2D eigenvalue weighted by Crippen LogP contribution is -2.38. The molecule has 3 aromatic rings. The molecular formula is C22H23F2N5S2. The van der Waals surface area contributed by atoms with E-state index in [1.807, 2.05) is 25.8 Å². The topological polar surface area (TPSA) is 67.4 Å². The number of aryl methyl sites for hydroxylation is 3. The van der Waals surface area contributed by atoms with Crippen LogP contribution in [0.5, 0.6) is 0 Å². The minimum Gasteiger partial charge on any atom is -0.330 e. The Morgan fingerprint density at radius 1 is 1.03 bits per heavy atom. The van der Waals surface area contributed by atoms with Crippen LogP contribution in [-0.4, -0.2) is 21.8 Å². The van der Waals surface area contributed by atoms with Crippen LogP contribution in [-0.2, 0) is 4.87 Å². The Labute approximate surface area is 188 Å². The van der Waals surface area contributed by atoms with Crippen molar-refractivity contribution in [2.75, 3.05) is 11.6 Å². The number of hydrogen-bond donors (Lipinski definition) is 1. The zero-order valence-corrected chi connectivity index (χ0v) is 19.2. The second-order valence-corrected chi connectivity index (χ2v) is 10.0. The molecule has 5 nitrogen and oxygen atoms in total. The molecule has 9 heteroatoms. The third kappa shape index (κ3) is 4.22.